The molecule has 0 aliphatic heterocycles. The lowest BCUT2D eigenvalue weighted by molar-refractivity contribution is 0.0962. The van der Waals surface area contributed by atoms with Crippen LogP contribution in [0.15, 0.2) is 30.9 Å². The SMILES string of the molecule is CCCCNc1ncnc(NNC(=O)c2cccnc2)c1N. The molecule has 116 valence electrons. The number of hydrogen-bond donors (Lipinski definition) is 4. The van der Waals surface area contributed by atoms with Gasteiger partial charge in [-0.15, -0.1) is 0 Å². The summed E-state index contributed by atoms with van der Waals surface area (Å²) in [7, 11) is 0. The van der Waals surface area contributed by atoms with Crippen LogP contribution in [0.2, 0.25) is 0 Å². The van der Waals surface area contributed by atoms with Gasteiger partial charge in [0.25, 0.3) is 5.91 Å². The van der Waals surface area contributed by atoms with Gasteiger partial charge in [0.2, 0.25) is 0 Å². The molecule has 0 saturated carbocycles. The van der Waals surface area contributed by atoms with Gasteiger partial charge in [0.05, 0.1) is 5.56 Å². The highest BCUT2D eigenvalue weighted by Crippen LogP contribution is 2.21. The third kappa shape index (κ3) is 4.05. The third-order valence-electron chi connectivity index (χ3n) is 2.92. The largest absolute Gasteiger partial charge is 0.393 e. The van der Waals surface area contributed by atoms with Crippen LogP contribution in [0.4, 0.5) is 17.3 Å². The van der Waals surface area contributed by atoms with Crippen LogP contribution in [-0.2, 0) is 0 Å². The number of carbonyl (C=O) groups is 1. The second-order valence-corrected chi connectivity index (χ2v) is 4.59. The molecule has 0 aliphatic rings. The zero-order chi connectivity index (χ0) is 15.8. The molecule has 8 heteroatoms. The molecule has 0 atom stereocenters. The Balaban J connectivity index is 1.98. The highest BCUT2D eigenvalue weighted by molar-refractivity contribution is 5.94. The maximum absolute atomic E-state index is 11.9. The van der Waals surface area contributed by atoms with E-state index in [1.54, 1.807) is 18.3 Å². The van der Waals surface area contributed by atoms with Crippen LogP contribution in [0, 0.1) is 0 Å². The summed E-state index contributed by atoms with van der Waals surface area (Å²) in [4.78, 5) is 23.9. The van der Waals surface area contributed by atoms with Gasteiger partial charge in [-0.2, -0.15) is 0 Å². The summed E-state index contributed by atoms with van der Waals surface area (Å²) in [5.74, 6) is 0.555. The normalized spacial score (nSPS) is 10.0. The summed E-state index contributed by atoms with van der Waals surface area (Å²) in [6.07, 6.45) is 6.54. The first-order valence-corrected chi connectivity index (χ1v) is 7.03. The van der Waals surface area contributed by atoms with Gasteiger partial charge in [0, 0.05) is 18.9 Å². The average molecular weight is 301 g/mol. The van der Waals surface area contributed by atoms with Crippen molar-refractivity contribution < 1.29 is 4.79 Å². The lowest BCUT2D eigenvalue weighted by Crippen LogP contribution is -2.30. The fourth-order valence-electron chi connectivity index (χ4n) is 1.70. The minimum absolute atomic E-state index is 0.327. The van der Waals surface area contributed by atoms with Crippen LogP contribution in [0.5, 0.6) is 0 Å². The van der Waals surface area contributed by atoms with Crippen molar-refractivity contribution in [2.24, 2.45) is 0 Å². The molecular formula is C14H19N7O. The van der Waals surface area contributed by atoms with E-state index in [-0.39, 0.29) is 5.91 Å². The van der Waals surface area contributed by atoms with Crippen molar-refractivity contribution in [1.82, 2.24) is 20.4 Å². The molecule has 0 bridgehead atoms. The van der Waals surface area contributed by atoms with Crippen LogP contribution in [0.3, 0.4) is 0 Å². The molecule has 2 rings (SSSR count). The first-order valence-electron chi connectivity index (χ1n) is 7.03. The maximum Gasteiger partial charge on any atom is 0.271 e. The highest BCUT2D eigenvalue weighted by atomic mass is 16.2. The smallest absolute Gasteiger partial charge is 0.271 e. The minimum Gasteiger partial charge on any atom is -0.393 e. The van der Waals surface area contributed by atoms with Crippen molar-refractivity contribution in [2.75, 3.05) is 23.0 Å². The maximum atomic E-state index is 11.9. The standard InChI is InChI=1S/C14H19N7O/c1-2-3-7-17-12-11(15)13(19-9-18-12)20-21-14(22)10-5-4-6-16-8-10/h4-6,8-9H,2-3,7,15H2,1H3,(H,21,22)(H2,17,18,19,20). The number of rotatable bonds is 7. The Morgan fingerprint density at radius 1 is 1.32 bits per heavy atom. The molecule has 5 N–H and O–H groups in total. The molecule has 0 aliphatic carbocycles. The van der Waals surface area contributed by atoms with E-state index < -0.39 is 0 Å². The first kappa shape index (κ1) is 15.5. The molecule has 2 heterocycles. The van der Waals surface area contributed by atoms with Crippen LogP contribution in [-0.4, -0.2) is 27.4 Å². The van der Waals surface area contributed by atoms with E-state index in [0.29, 0.717) is 22.9 Å². The van der Waals surface area contributed by atoms with Gasteiger partial charge in [0.15, 0.2) is 11.6 Å². The summed E-state index contributed by atoms with van der Waals surface area (Å²) in [6.45, 7) is 2.88. The molecule has 8 nitrogen and oxygen atoms in total. The minimum atomic E-state index is -0.327. The van der Waals surface area contributed by atoms with Gasteiger partial charge < -0.3 is 11.1 Å². The number of hydrogen-bond acceptors (Lipinski definition) is 7. The van der Waals surface area contributed by atoms with E-state index >= 15 is 0 Å². The number of carbonyl (C=O) groups excluding carboxylic acids is 1. The molecular weight excluding hydrogens is 282 g/mol. The molecule has 0 saturated heterocycles. The van der Waals surface area contributed by atoms with Gasteiger partial charge in [-0.05, 0) is 18.6 Å². The van der Waals surface area contributed by atoms with Crippen LogP contribution < -0.4 is 21.9 Å². The Hall–Kier alpha value is -2.90. The van der Waals surface area contributed by atoms with Crippen molar-refractivity contribution in [1.29, 1.82) is 0 Å². The molecule has 0 fully saturated rings. The lowest BCUT2D eigenvalue weighted by atomic mass is 10.3. The Morgan fingerprint density at radius 2 is 2.14 bits per heavy atom. The third-order valence-corrected chi connectivity index (χ3v) is 2.92. The monoisotopic (exact) mass is 301 g/mol. The number of nitrogens with two attached hydrogens (primary N) is 1. The second kappa shape index (κ2) is 7.77. The zero-order valence-corrected chi connectivity index (χ0v) is 12.3. The number of unbranched alkanes of at least 4 members (excludes halogenated alkanes) is 1. The number of hydrazine groups is 1. The number of pyridine rings is 1. The fraction of sp³-hybridized carbons (Fsp3) is 0.286. The van der Waals surface area contributed by atoms with E-state index in [9.17, 15) is 4.79 Å². The lowest BCUT2D eigenvalue weighted by Gasteiger charge is -2.12. The number of amides is 1. The molecule has 2 aromatic heterocycles. The Bertz CT molecular complexity index is 618. The fourth-order valence-corrected chi connectivity index (χ4v) is 1.70. The van der Waals surface area contributed by atoms with Crippen molar-refractivity contribution in [3.05, 3.63) is 36.4 Å². The predicted octanol–water partition coefficient (Wildman–Crippen LogP) is 1.42. The van der Waals surface area contributed by atoms with Crippen LogP contribution in [0.25, 0.3) is 0 Å². The Labute approximate surface area is 128 Å². The molecule has 0 radical (unpaired) electrons. The zero-order valence-electron chi connectivity index (χ0n) is 12.3. The van der Waals surface area contributed by atoms with Crippen molar-refractivity contribution >= 4 is 23.2 Å². The quantitative estimate of drug-likeness (QED) is 0.451. The topological polar surface area (TPSA) is 118 Å². The summed E-state index contributed by atoms with van der Waals surface area (Å²) in [6, 6.07) is 3.34. The molecule has 1 amide bonds. The number of nitrogens with one attached hydrogen (secondary N) is 3. The second-order valence-electron chi connectivity index (χ2n) is 4.59. The van der Waals surface area contributed by atoms with Gasteiger partial charge in [-0.3, -0.25) is 20.6 Å². The van der Waals surface area contributed by atoms with Crippen LogP contribution in [0.1, 0.15) is 30.1 Å². The van der Waals surface area contributed by atoms with Crippen molar-refractivity contribution in [2.45, 2.75) is 19.8 Å². The number of nitrogens with zero attached hydrogens (tertiary/aromatic N) is 3. The van der Waals surface area contributed by atoms with E-state index in [1.807, 2.05) is 0 Å². The van der Waals surface area contributed by atoms with E-state index in [2.05, 4.69) is 38.0 Å². The van der Waals surface area contributed by atoms with Crippen molar-refractivity contribution in [3.63, 3.8) is 0 Å². The van der Waals surface area contributed by atoms with E-state index in [0.717, 1.165) is 19.4 Å². The molecule has 0 unspecified atom stereocenters. The van der Waals surface area contributed by atoms with E-state index in [1.165, 1.54) is 12.5 Å². The number of nitrogen functional groups attached to an aromatic ring is 1. The molecule has 22 heavy (non-hydrogen) atoms. The Morgan fingerprint density at radius 3 is 2.86 bits per heavy atom. The van der Waals surface area contributed by atoms with Gasteiger partial charge in [0.1, 0.15) is 12.0 Å². The molecule has 0 spiro atoms. The average Bonchev–Trinajstić information content (AvgIpc) is 2.56. The first-order chi connectivity index (χ1) is 10.7. The predicted molar refractivity (Wildman–Crippen MR) is 85.2 cm³/mol. The Kier molecular flexibility index (Phi) is 5.47. The van der Waals surface area contributed by atoms with Gasteiger partial charge in [-0.1, -0.05) is 13.3 Å². The van der Waals surface area contributed by atoms with Crippen LogP contribution >= 0.6 is 0 Å². The van der Waals surface area contributed by atoms with Gasteiger partial charge in [-0.25, -0.2) is 9.97 Å². The molecule has 0 aromatic carbocycles. The summed E-state index contributed by atoms with van der Waals surface area (Å²) < 4.78 is 0. The van der Waals surface area contributed by atoms with Crippen molar-refractivity contribution in [3.8, 4) is 0 Å². The van der Waals surface area contributed by atoms with E-state index in [4.69, 9.17) is 5.73 Å². The number of aromatic nitrogens is 3. The number of anilines is 3. The summed E-state index contributed by atoms with van der Waals surface area (Å²) >= 11 is 0. The summed E-state index contributed by atoms with van der Waals surface area (Å²) in [5, 5.41) is 3.13. The molecule has 2 aromatic rings. The highest BCUT2D eigenvalue weighted by Gasteiger charge is 2.09. The van der Waals surface area contributed by atoms with Gasteiger partial charge >= 0.3 is 0 Å². The summed E-state index contributed by atoms with van der Waals surface area (Å²) in [5.41, 5.74) is 12.0.